The molecule has 13 heavy (non-hydrogen) atoms. The van der Waals surface area contributed by atoms with Crippen LogP contribution in [0.25, 0.3) is 0 Å². The van der Waals surface area contributed by atoms with Crippen LogP contribution in [0.2, 0.25) is 0 Å². The van der Waals surface area contributed by atoms with Gasteiger partial charge in [-0.3, -0.25) is 4.90 Å². The summed E-state index contributed by atoms with van der Waals surface area (Å²) in [4.78, 5) is 2.46. The molecule has 0 saturated carbocycles. The minimum Gasteiger partial charge on any atom is -0.392 e. The van der Waals surface area contributed by atoms with Gasteiger partial charge in [0.25, 0.3) is 0 Å². The Labute approximate surface area is 80.1 Å². The Kier molecular flexibility index (Phi) is 2.86. The molecule has 2 aliphatic heterocycles. The van der Waals surface area contributed by atoms with Gasteiger partial charge in [-0.25, -0.2) is 0 Å². The zero-order valence-corrected chi connectivity index (χ0v) is 8.37. The Morgan fingerprint density at radius 1 is 1.38 bits per heavy atom. The van der Waals surface area contributed by atoms with Crippen molar-refractivity contribution in [2.24, 2.45) is 5.92 Å². The first kappa shape index (κ1) is 9.44. The van der Waals surface area contributed by atoms with Crippen molar-refractivity contribution < 1.29 is 5.11 Å². The molecule has 2 rings (SSSR count). The molecule has 0 aromatic carbocycles. The van der Waals surface area contributed by atoms with Crippen LogP contribution in [0.4, 0.5) is 0 Å². The summed E-state index contributed by atoms with van der Waals surface area (Å²) in [5.74, 6) is 0.657. The third kappa shape index (κ3) is 2.22. The predicted octanol–water partition coefficient (Wildman–Crippen LogP) is 0.0510. The zero-order chi connectivity index (χ0) is 9.26. The van der Waals surface area contributed by atoms with E-state index in [1.165, 1.54) is 13.0 Å². The highest BCUT2D eigenvalue weighted by Crippen LogP contribution is 2.20. The summed E-state index contributed by atoms with van der Waals surface area (Å²) < 4.78 is 0. The van der Waals surface area contributed by atoms with E-state index in [1.54, 1.807) is 0 Å². The number of β-amino-alcohol motifs (C(OH)–C–C–N with tert-alkyl or cyclic N) is 1. The number of likely N-dealkylation sites (tertiary alicyclic amines) is 1. The van der Waals surface area contributed by atoms with E-state index in [9.17, 15) is 5.11 Å². The number of hydrogen-bond acceptors (Lipinski definition) is 3. The Morgan fingerprint density at radius 2 is 2.23 bits per heavy atom. The number of aliphatic hydroxyl groups is 1. The van der Waals surface area contributed by atoms with Gasteiger partial charge in [-0.1, -0.05) is 6.92 Å². The second kappa shape index (κ2) is 3.95. The van der Waals surface area contributed by atoms with Gasteiger partial charge >= 0.3 is 0 Å². The van der Waals surface area contributed by atoms with Gasteiger partial charge in [-0.15, -0.1) is 0 Å². The Hall–Kier alpha value is -0.120. The van der Waals surface area contributed by atoms with Gasteiger partial charge in [-0.05, 0) is 25.3 Å². The maximum absolute atomic E-state index is 9.65. The lowest BCUT2D eigenvalue weighted by Gasteiger charge is -2.37. The molecule has 2 saturated heterocycles. The van der Waals surface area contributed by atoms with Crippen LogP contribution in [-0.2, 0) is 0 Å². The Morgan fingerprint density at radius 3 is 2.85 bits per heavy atom. The van der Waals surface area contributed by atoms with Crippen molar-refractivity contribution in [1.82, 2.24) is 10.2 Å². The first-order valence-electron chi connectivity index (χ1n) is 5.38. The highest BCUT2D eigenvalue weighted by Gasteiger charge is 2.29. The first-order valence-corrected chi connectivity index (χ1v) is 5.38. The van der Waals surface area contributed by atoms with E-state index in [2.05, 4.69) is 17.1 Å². The summed E-state index contributed by atoms with van der Waals surface area (Å²) in [5, 5.41) is 13.0. The molecule has 0 aromatic rings. The molecule has 3 heteroatoms. The number of hydrogen-bond donors (Lipinski definition) is 2. The van der Waals surface area contributed by atoms with Crippen LogP contribution in [0.15, 0.2) is 0 Å². The predicted molar refractivity (Wildman–Crippen MR) is 52.6 cm³/mol. The smallest absolute Gasteiger partial charge is 0.0670 e. The van der Waals surface area contributed by atoms with Gasteiger partial charge in [0.15, 0.2) is 0 Å². The number of rotatable bonds is 1. The number of aliphatic hydroxyl groups excluding tert-OH is 1. The second-order valence-corrected chi connectivity index (χ2v) is 4.60. The van der Waals surface area contributed by atoms with Crippen LogP contribution in [0.5, 0.6) is 0 Å². The molecule has 3 nitrogen and oxygen atoms in total. The quantitative estimate of drug-likeness (QED) is 0.604. The van der Waals surface area contributed by atoms with Crippen molar-refractivity contribution in [2.45, 2.75) is 31.9 Å². The van der Waals surface area contributed by atoms with E-state index >= 15 is 0 Å². The molecule has 1 unspecified atom stereocenters. The third-order valence-corrected chi connectivity index (χ3v) is 3.22. The molecule has 0 aliphatic carbocycles. The summed E-state index contributed by atoms with van der Waals surface area (Å²) in [6.45, 7) is 6.54. The van der Waals surface area contributed by atoms with Gasteiger partial charge in [0.1, 0.15) is 0 Å². The molecule has 2 heterocycles. The van der Waals surface area contributed by atoms with Crippen LogP contribution in [0.1, 0.15) is 19.8 Å². The van der Waals surface area contributed by atoms with Gasteiger partial charge in [0.05, 0.1) is 6.10 Å². The molecule has 0 radical (unpaired) electrons. The van der Waals surface area contributed by atoms with E-state index in [0.717, 1.165) is 26.1 Å². The second-order valence-electron chi connectivity index (χ2n) is 4.60. The van der Waals surface area contributed by atoms with Crippen LogP contribution >= 0.6 is 0 Å². The molecule has 2 fully saturated rings. The topological polar surface area (TPSA) is 35.5 Å². The fourth-order valence-electron chi connectivity index (χ4n) is 2.61. The summed E-state index contributed by atoms with van der Waals surface area (Å²) >= 11 is 0. The van der Waals surface area contributed by atoms with E-state index in [4.69, 9.17) is 0 Å². The SMILES string of the molecule is C[C@@H]1C[C@H](O)CN(C2CCNC2)C1. The van der Waals surface area contributed by atoms with Crippen molar-refractivity contribution in [3.63, 3.8) is 0 Å². The van der Waals surface area contributed by atoms with E-state index in [1.807, 2.05) is 0 Å². The molecule has 0 aromatic heterocycles. The lowest BCUT2D eigenvalue weighted by Crippen LogP contribution is -2.48. The first-order chi connectivity index (χ1) is 6.25. The molecule has 0 bridgehead atoms. The molecular formula is C10H20N2O. The van der Waals surface area contributed by atoms with Crippen molar-refractivity contribution in [3.8, 4) is 0 Å². The number of nitrogens with one attached hydrogen (secondary N) is 1. The van der Waals surface area contributed by atoms with Gasteiger partial charge in [0.2, 0.25) is 0 Å². The van der Waals surface area contributed by atoms with Crippen molar-refractivity contribution in [3.05, 3.63) is 0 Å². The Balaban J connectivity index is 1.90. The Bertz CT molecular complexity index is 158. The summed E-state index contributed by atoms with van der Waals surface area (Å²) in [6, 6.07) is 0.678. The van der Waals surface area contributed by atoms with Crippen molar-refractivity contribution >= 4 is 0 Å². The van der Waals surface area contributed by atoms with Gasteiger partial charge in [0, 0.05) is 25.7 Å². The molecule has 76 valence electrons. The summed E-state index contributed by atoms with van der Waals surface area (Å²) in [7, 11) is 0. The van der Waals surface area contributed by atoms with Crippen molar-refractivity contribution in [1.29, 1.82) is 0 Å². The highest BCUT2D eigenvalue weighted by atomic mass is 16.3. The highest BCUT2D eigenvalue weighted by molar-refractivity contribution is 4.86. The maximum Gasteiger partial charge on any atom is 0.0670 e. The normalized spacial score (nSPS) is 42.5. The standard InChI is InChI=1S/C10H20N2O/c1-8-4-10(13)7-12(6-8)9-2-3-11-5-9/h8-11,13H,2-7H2,1H3/t8-,9?,10+/m1/s1. The van der Waals surface area contributed by atoms with Crippen LogP contribution in [-0.4, -0.2) is 48.3 Å². The van der Waals surface area contributed by atoms with E-state index < -0.39 is 0 Å². The maximum atomic E-state index is 9.65. The molecular weight excluding hydrogens is 164 g/mol. The number of piperidine rings is 1. The number of nitrogens with zero attached hydrogens (tertiary/aromatic N) is 1. The lowest BCUT2D eigenvalue weighted by molar-refractivity contribution is 0.0261. The lowest BCUT2D eigenvalue weighted by atomic mass is 9.96. The minimum atomic E-state index is -0.0932. The fraction of sp³-hybridized carbons (Fsp3) is 1.00. The zero-order valence-electron chi connectivity index (χ0n) is 8.37. The van der Waals surface area contributed by atoms with Crippen molar-refractivity contribution in [2.75, 3.05) is 26.2 Å². The average Bonchev–Trinajstić information content (AvgIpc) is 2.53. The molecule has 0 amide bonds. The fourth-order valence-corrected chi connectivity index (χ4v) is 2.61. The summed E-state index contributed by atoms with van der Waals surface area (Å²) in [6.07, 6.45) is 2.14. The molecule has 2 aliphatic rings. The average molecular weight is 184 g/mol. The van der Waals surface area contributed by atoms with Crippen LogP contribution in [0, 0.1) is 5.92 Å². The largest absolute Gasteiger partial charge is 0.392 e. The van der Waals surface area contributed by atoms with Gasteiger partial charge < -0.3 is 10.4 Å². The van der Waals surface area contributed by atoms with Crippen LogP contribution in [0.3, 0.4) is 0 Å². The molecule has 0 spiro atoms. The minimum absolute atomic E-state index is 0.0932. The van der Waals surface area contributed by atoms with E-state index in [-0.39, 0.29) is 6.10 Å². The monoisotopic (exact) mass is 184 g/mol. The third-order valence-electron chi connectivity index (χ3n) is 3.22. The molecule has 2 N–H and O–H groups in total. The van der Waals surface area contributed by atoms with E-state index in [0.29, 0.717) is 12.0 Å². The van der Waals surface area contributed by atoms with Gasteiger partial charge in [-0.2, -0.15) is 0 Å². The molecule has 3 atom stereocenters. The van der Waals surface area contributed by atoms with Crippen LogP contribution < -0.4 is 5.32 Å². The summed E-state index contributed by atoms with van der Waals surface area (Å²) in [5.41, 5.74) is 0.